The van der Waals surface area contributed by atoms with Crippen molar-refractivity contribution in [1.29, 1.82) is 0 Å². The second-order valence-corrected chi connectivity index (χ2v) is 4.87. The molecule has 0 aromatic heterocycles. The Kier molecular flexibility index (Phi) is 5.72. The minimum Gasteiger partial charge on any atom is -0.760 e. The van der Waals surface area contributed by atoms with Crippen LogP contribution in [0.1, 0.15) is 0 Å². The van der Waals surface area contributed by atoms with Gasteiger partial charge in [-0.2, -0.15) is 39.5 Å². The van der Waals surface area contributed by atoms with Gasteiger partial charge in [0.15, 0.2) is 0 Å². The summed E-state index contributed by atoms with van der Waals surface area (Å²) in [6.45, 7) is -1.83. The van der Waals surface area contributed by atoms with Crippen LogP contribution in [0.2, 0.25) is 0 Å². The van der Waals surface area contributed by atoms with E-state index in [0.29, 0.717) is 7.05 Å². The average molecular weight is 356 g/mol. The number of alkyl halides is 9. The van der Waals surface area contributed by atoms with Crippen molar-refractivity contribution in [3.05, 3.63) is 0 Å². The lowest BCUT2D eigenvalue weighted by atomic mass is 9.99. The maximum atomic E-state index is 13.0. The van der Waals surface area contributed by atoms with E-state index in [4.69, 9.17) is 5.11 Å². The second kappa shape index (κ2) is 5.89. The molecule has 0 bridgehead atoms. The standard InChI is InChI=1S/C7H8F9NO3S/c1-17(21(19)20)2-3(18)4(8,9)5(10,11)6(12,13)7(14,15)16/h3,18H,2H2,1H3,(H,19,20)/p-1. The molecule has 21 heavy (non-hydrogen) atoms. The number of nitrogens with zero attached hydrogens (tertiary/aromatic N) is 1. The first kappa shape index (κ1) is 20.4. The Morgan fingerprint density at radius 3 is 1.71 bits per heavy atom. The van der Waals surface area contributed by atoms with Crippen molar-refractivity contribution < 1.29 is 53.4 Å². The molecule has 0 heterocycles. The second-order valence-electron chi connectivity index (χ2n) is 3.81. The van der Waals surface area contributed by atoms with Crippen LogP contribution in [-0.2, 0) is 11.3 Å². The van der Waals surface area contributed by atoms with Crippen molar-refractivity contribution in [2.24, 2.45) is 0 Å². The zero-order valence-electron chi connectivity index (χ0n) is 9.81. The molecule has 2 unspecified atom stereocenters. The molecule has 1 N–H and O–H groups in total. The van der Waals surface area contributed by atoms with Crippen molar-refractivity contribution in [3.8, 4) is 0 Å². The zero-order valence-corrected chi connectivity index (χ0v) is 10.6. The highest BCUT2D eigenvalue weighted by molar-refractivity contribution is 7.76. The molecule has 4 nitrogen and oxygen atoms in total. The van der Waals surface area contributed by atoms with E-state index < -0.39 is 47.9 Å². The van der Waals surface area contributed by atoms with Crippen LogP contribution in [0.4, 0.5) is 39.5 Å². The molecule has 0 spiro atoms. The summed E-state index contributed by atoms with van der Waals surface area (Å²) in [5.41, 5.74) is 0. The molecule has 0 saturated heterocycles. The van der Waals surface area contributed by atoms with Crippen LogP contribution in [0.3, 0.4) is 0 Å². The molecular formula is C7H7F9NO3S-. The predicted octanol–water partition coefficient (Wildman–Crippen LogP) is 1.54. The summed E-state index contributed by atoms with van der Waals surface area (Å²) in [6.07, 6.45) is -10.8. The van der Waals surface area contributed by atoms with Gasteiger partial charge in [0, 0.05) is 17.8 Å². The third kappa shape index (κ3) is 3.60. The van der Waals surface area contributed by atoms with Crippen molar-refractivity contribution in [3.63, 3.8) is 0 Å². The molecule has 0 aliphatic carbocycles. The summed E-state index contributed by atoms with van der Waals surface area (Å²) in [4.78, 5) is 0. The van der Waals surface area contributed by atoms with Gasteiger partial charge < -0.3 is 9.66 Å². The molecule has 128 valence electrons. The van der Waals surface area contributed by atoms with Crippen LogP contribution in [0, 0.1) is 0 Å². The van der Waals surface area contributed by atoms with Crippen molar-refractivity contribution in [2.45, 2.75) is 30.0 Å². The normalized spacial score (nSPS) is 18.0. The zero-order chi connectivity index (χ0) is 17.4. The van der Waals surface area contributed by atoms with E-state index in [1.165, 1.54) is 0 Å². The summed E-state index contributed by atoms with van der Waals surface area (Å²) >= 11 is -3.30. The van der Waals surface area contributed by atoms with Crippen LogP contribution in [0.15, 0.2) is 0 Å². The Balaban J connectivity index is 5.52. The number of hydrogen-bond donors (Lipinski definition) is 1. The smallest absolute Gasteiger partial charge is 0.460 e. The quantitative estimate of drug-likeness (QED) is 0.580. The fraction of sp³-hybridized carbons (Fsp3) is 1.00. The van der Waals surface area contributed by atoms with E-state index in [0.717, 1.165) is 0 Å². The lowest BCUT2D eigenvalue weighted by Gasteiger charge is -2.36. The molecular weight excluding hydrogens is 349 g/mol. The number of aliphatic hydroxyl groups is 1. The summed E-state index contributed by atoms with van der Waals surface area (Å²) < 4.78 is 132. The van der Waals surface area contributed by atoms with Gasteiger partial charge in [0.05, 0.1) is 0 Å². The Bertz CT molecular complexity index is 399. The maximum absolute atomic E-state index is 13.0. The molecule has 2 atom stereocenters. The van der Waals surface area contributed by atoms with E-state index in [2.05, 4.69) is 0 Å². The van der Waals surface area contributed by atoms with Crippen LogP contribution in [-0.4, -0.2) is 61.8 Å². The topological polar surface area (TPSA) is 63.6 Å². The monoisotopic (exact) mass is 356 g/mol. The number of hydrogen-bond acceptors (Lipinski definition) is 3. The Labute approximate surface area is 113 Å². The van der Waals surface area contributed by atoms with Gasteiger partial charge in [-0.1, -0.05) is 0 Å². The number of aliphatic hydroxyl groups excluding tert-OH is 1. The van der Waals surface area contributed by atoms with Gasteiger partial charge in [-0.15, -0.1) is 0 Å². The first-order chi connectivity index (χ1) is 9.00. The highest BCUT2D eigenvalue weighted by atomic mass is 32.2. The molecule has 0 aromatic rings. The lowest BCUT2D eigenvalue weighted by molar-refractivity contribution is -0.405. The summed E-state index contributed by atoms with van der Waals surface area (Å²) in [5.74, 6) is -20.4. The Morgan fingerprint density at radius 2 is 1.43 bits per heavy atom. The van der Waals surface area contributed by atoms with Crippen molar-refractivity contribution in [1.82, 2.24) is 4.31 Å². The van der Waals surface area contributed by atoms with Crippen LogP contribution >= 0.6 is 0 Å². The van der Waals surface area contributed by atoms with Crippen LogP contribution in [0.25, 0.3) is 0 Å². The van der Waals surface area contributed by atoms with Gasteiger partial charge in [-0.3, -0.25) is 4.21 Å². The minimum absolute atomic E-state index is 0.194. The van der Waals surface area contributed by atoms with Crippen LogP contribution in [0.5, 0.6) is 0 Å². The largest absolute Gasteiger partial charge is 0.760 e. The van der Waals surface area contributed by atoms with Gasteiger partial charge in [0.1, 0.15) is 6.10 Å². The fourth-order valence-corrected chi connectivity index (χ4v) is 1.28. The molecule has 0 aromatic carbocycles. The highest BCUT2D eigenvalue weighted by Crippen LogP contribution is 2.54. The van der Waals surface area contributed by atoms with Gasteiger partial charge in [-0.25, -0.2) is 4.31 Å². The third-order valence-electron chi connectivity index (χ3n) is 2.27. The van der Waals surface area contributed by atoms with E-state index >= 15 is 0 Å². The van der Waals surface area contributed by atoms with Crippen LogP contribution < -0.4 is 0 Å². The van der Waals surface area contributed by atoms with E-state index in [9.17, 15) is 48.3 Å². The van der Waals surface area contributed by atoms with Crippen molar-refractivity contribution in [2.75, 3.05) is 13.6 Å². The highest BCUT2D eigenvalue weighted by Gasteiger charge is 2.83. The maximum Gasteiger partial charge on any atom is 0.460 e. The lowest BCUT2D eigenvalue weighted by Crippen LogP contribution is -2.65. The molecule has 0 radical (unpaired) electrons. The number of likely N-dealkylation sites (N-methyl/N-ethyl adjacent to an activating group) is 1. The Hall–Kier alpha value is -0.600. The SMILES string of the molecule is CN(CC(O)C(F)(F)C(F)(F)C(F)(F)C(F)(F)F)S(=O)[O-]. The first-order valence-corrected chi connectivity index (χ1v) is 5.72. The van der Waals surface area contributed by atoms with Gasteiger partial charge in [-0.05, 0) is 7.05 Å². The third-order valence-corrected chi connectivity index (χ3v) is 2.93. The minimum atomic E-state index is -7.14. The molecule has 0 fully saturated rings. The summed E-state index contributed by atoms with van der Waals surface area (Å²) in [5, 5.41) is 8.72. The molecule has 14 heteroatoms. The molecule has 0 saturated carbocycles. The van der Waals surface area contributed by atoms with E-state index in [1.807, 2.05) is 0 Å². The van der Waals surface area contributed by atoms with E-state index in [1.54, 1.807) is 0 Å². The average Bonchev–Trinajstić information content (AvgIpc) is 2.26. The summed E-state index contributed by atoms with van der Waals surface area (Å²) in [6, 6.07) is 0. The van der Waals surface area contributed by atoms with E-state index in [-0.39, 0.29) is 4.31 Å². The first-order valence-electron chi connectivity index (χ1n) is 4.69. The molecule has 0 aliphatic heterocycles. The molecule has 0 aliphatic rings. The fourth-order valence-electron chi connectivity index (χ4n) is 1.02. The number of halogens is 9. The number of rotatable bonds is 6. The van der Waals surface area contributed by atoms with Gasteiger partial charge in [0.25, 0.3) is 0 Å². The molecule has 0 amide bonds. The Morgan fingerprint density at radius 1 is 1.05 bits per heavy atom. The predicted molar refractivity (Wildman–Crippen MR) is 48.5 cm³/mol. The van der Waals surface area contributed by atoms with Gasteiger partial charge >= 0.3 is 23.9 Å². The molecule has 0 rings (SSSR count). The summed E-state index contributed by atoms with van der Waals surface area (Å²) in [7, 11) is 0.489. The van der Waals surface area contributed by atoms with Crippen molar-refractivity contribution >= 4 is 11.3 Å². The van der Waals surface area contributed by atoms with Gasteiger partial charge in [0.2, 0.25) is 0 Å².